The van der Waals surface area contributed by atoms with E-state index in [0.29, 0.717) is 18.3 Å². The maximum Gasteiger partial charge on any atom is 0.328 e. The number of carbonyl (C=O) groups is 3. The molecule has 0 radical (unpaired) electrons. The molecule has 0 bridgehead atoms. The first-order valence-corrected chi connectivity index (χ1v) is 14.5. The molecule has 0 unspecified atom stereocenters. The van der Waals surface area contributed by atoms with Gasteiger partial charge in [0.15, 0.2) is 17.2 Å². The van der Waals surface area contributed by atoms with E-state index in [1.165, 1.54) is 31.9 Å². The number of aryl methyl sites for hydroxylation is 1. The number of cyclic esters (lactones) is 1. The van der Waals surface area contributed by atoms with Crippen molar-refractivity contribution in [2.75, 3.05) is 13.9 Å². The van der Waals surface area contributed by atoms with E-state index in [0.717, 1.165) is 38.5 Å². The Morgan fingerprint density at radius 3 is 2.56 bits per heavy atom. The average molecular weight is 569 g/mol. The molecule has 1 amide bonds. The van der Waals surface area contributed by atoms with Gasteiger partial charge in [-0.15, -0.1) is 0 Å². The Bertz CT molecular complexity index is 1140. The Balaban J connectivity index is 1.76. The van der Waals surface area contributed by atoms with Crippen LogP contribution in [0, 0.1) is 17.8 Å². The van der Waals surface area contributed by atoms with E-state index in [4.69, 9.17) is 18.9 Å². The standard InChI is InChI=1S/C32H44N2O7/c1-21(2)14-16-25-12-9-13-27(32(37)41-22(3)26(25)17-15-24-10-7-6-8-11-24)34-31(36)29-30(40-20-39-23(4)35)28(38-5)18-19-33-29/h6-8,10-11,18-19,21-22,25-27H,9,12-17,20H2,1-5H3,(H,34,36)/t22-,25+,26-,27-/m0/s1. The number of pyridine rings is 1. The fraction of sp³-hybridized carbons (Fsp3) is 0.562. The molecule has 1 N–H and O–H groups in total. The summed E-state index contributed by atoms with van der Waals surface area (Å²) in [5, 5.41) is 2.81. The second kappa shape index (κ2) is 16.0. The number of amides is 1. The molecule has 9 heteroatoms. The van der Waals surface area contributed by atoms with Crippen LogP contribution in [0.2, 0.25) is 0 Å². The number of hydrogen-bond donors (Lipinski definition) is 1. The first-order chi connectivity index (χ1) is 19.7. The molecule has 2 heterocycles. The molecule has 41 heavy (non-hydrogen) atoms. The van der Waals surface area contributed by atoms with Crippen molar-refractivity contribution < 1.29 is 33.3 Å². The van der Waals surface area contributed by atoms with Crippen LogP contribution in [0.1, 0.15) is 82.3 Å². The van der Waals surface area contributed by atoms with Gasteiger partial charge in [0.2, 0.25) is 6.79 Å². The second-order valence-electron chi connectivity index (χ2n) is 11.1. The predicted molar refractivity (Wildman–Crippen MR) is 155 cm³/mol. The van der Waals surface area contributed by atoms with Gasteiger partial charge in [0, 0.05) is 19.2 Å². The summed E-state index contributed by atoms with van der Waals surface area (Å²) in [6.45, 7) is 7.29. The van der Waals surface area contributed by atoms with Crippen LogP contribution < -0.4 is 14.8 Å². The van der Waals surface area contributed by atoms with E-state index in [9.17, 15) is 14.4 Å². The van der Waals surface area contributed by atoms with Crippen molar-refractivity contribution in [2.45, 2.75) is 84.8 Å². The maximum absolute atomic E-state index is 13.4. The fourth-order valence-corrected chi connectivity index (χ4v) is 5.43. The van der Waals surface area contributed by atoms with Gasteiger partial charge in [-0.25, -0.2) is 9.78 Å². The minimum absolute atomic E-state index is 0.0216. The lowest BCUT2D eigenvalue weighted by atomic mass is 9.77. The number of hydrogen-bond acceptors (Lipinski definition) is 8. The maximum atomic E-state index is 13.4. The van der Waals surface area contributed by atoms with Crippen LogP contribution in [0.25, 0.3) is 0 Å². The summed E-state index contributed by atoms with van der Waals surface area (Å²) >= 11 is 0. The SMILES string of the molecule is COc1ccnc(C(=O)N[C@H]2CCC[C@H](CCC(C)C)[C@@H](CCc3ccccc3)[C@H](C)OC2=O)c1OCOC(C)=O. The second-order valence-corrected chi connectivity index (χ2v) is 11.1. The summed E-state index contributed by atoms with van der Waals surface area (Å²) in [5.41, 5.74) is 1.20. The van der Waals surface area contributed by atoms with E-state index in [2.05, 4.69) is 48.4 Å². The molecule has 9 nitrogen and oxygen atoms in total. The van der Waals surface area contributed by atoms with Crippen LogP contribution in [0.4, 0.5) is 0 Å². The molecule has 1 aliphatic rings. The lowest BCUT2D eigenvalue weighted by Gasteiger charge is -2.32. The zero-order chi connectivity index (χ0) is 29.8. The van der Waals surface area contributed by atoms with Crippen LogP contribution in [0.5, 0.6) is 11.5 Å². The van der Waals surface area contributed by atoms with E-state index in [1.54, 1.807) is 0 Å². The molecule has 1 fully saturated rings. The van der Waals surface area contributed by atoms with Gasteiger partial charge in [-0.3, -0.25) is 9.59 Å². The van der Waals surface area contributed by atoms with E-state index >= 15 is 0 Å². The summed E-state index contributed by atoms with van der Waals surface area (Å²) in [4.78, 5) is 42.1. The smallest absolute Gasteiger partial charge is 0.328 e. The molecule has 1 aromatic heterocycles. The first kappa shape index (κ1) is 31.9. The first-order valence-electron chi connectivity index (χ1n) is 14.5. The van der Waals surface area contributed by atoms with Crippen molar-refractivity contribution in [2.24, 2.45) is 17.8 Å². The lowest BCUT2D eigenvalue weighted by Crippen LogP contribution is -2.43. The van der Waals surface area contributed by atoms with Crippen molar-refractivity contribution in [3.63, 3.8) is 0 Å². The molecule has 2 aromatic rings. The predicted octanol–water partition coefficient (Wildman–Crippen LogP) is 5.51. The van der Waals surface area contributed by atoms with E-state index in [-0.39, 0.29) is 29.2 Å². The third-order valence-corrected chi connectivity index (χ3v) is 7.66. The molecule has 0 spiro atoms. The molecule has 1 aliphatic heterocycles. The summed E-state index contributed by atoms with van der Waals surface area (Å²) < 4.78 is 21.7. The minimum Gasteiger partial charge on any atom is -0.493 e. The highest BCUT2D eigenvalue weighted by molar-refractivity contribution is 5.98. The van der Waals surface area contributed by atoms with E-state index in [1.807, 2.05) is 13.0 Å². The molecule has 3 rings (SSSR count). The van der Waals surface area contributed by atoms with Crippen LogP contribution in [-0.4, -0.2) is 48.9 Å². The number of aromatic nitrogens is 1. The van der Waals surface area contributed by atoms with Crippen LogP contribution in [-0.2, 0) is 25.5 Å². The molecule has 0 aliphatic carbocycles. The molecule has 224 valence electrons. The monoisotopic (exact) mass is 568 g/mol. The Morgan fingerprint density at radius 1 is 1.12 bits per heavy atom. The number of carbonyl (C=O) groups excluding carboxylic acids is 3. The summed E-state index contributed by atoms with van der Waals surface area (Å²) in [7, 11) is 1.43. The van der Waals surface area contributed by atoms with Crippen molar-refractivity contribution in [1.82, 2.24) is 10.3 Å². The van der Waals surface area contributed by atoms with Gasteiger partial charge < -0.3 is 24.3 Å². The summed E-state index contributed by atoms with van der Waals surface area (Å²) in [6, 6.07) is 11.1. The molecule has 4 atom stereocenters. The number of methoxy groups -OCH3 is 1. The quantitative estimate of drug-likeness (QED) is 0.264. The third-order valence-electron chi connectivity index (χ3n) is 7.66. The molecule has 1 saturated heterocycles. The number of benzene rings is 1. The fourth-order valence-electron chi connectivity index (χ4n) is 5.43. The topological polar surface area (TPSA) is 113 Å². The molecular formula is C32H44N2O7. The number of nitrogens with one attached hydrogen (secondary N) is 1. The van der Waals surface area contributed by atoms with Crippen LogP contribution >= 0.6 is 0 Å². The van der Waals surface area contributed by atoms with Gasteiger partial charge in [-0.1, -0.05) is 57.0 Å². The van der Waals surface area contributed by atoms with Crippen molar-refractivity contribution in [3.8, 4) is 11.5 Å². The van der Waals surface area contributed by atoms with Crippen molar-refractivity contribution >= 4 is 17.8 Å². The average Bonchev–Trinajstić information content (AvgIpc) is 2.99. The molecular weight excluding hydrogens is 524 g/mol. The number of esters is 2. The normalized spacial score (nSPS) is 21.2. The van der Waals surface area contributed by atoms with Gasteiger partial charge in [-0.2, -0.15) is 0 Å². The Labute approximate surface area is 243 Å². The van der Waals surface area contributed by atoms with Crippen LogP contribution in [0.15, 0.2) is 42.6 Å². The minimum atomic E-state index is -0.835. The molecule has 1 aromatic carbocycles. The summed E-state index contributed by atoms with van der Waals surface area (Å²) in [5.74, 6) is -0.0956. The van der Waals surface area contributed by atoms with Crippen molar-refractivity contribution in [1.29, 1.82) is 0 Å². The van der Waals surface area contributed by atoms with Gasteiger partial charge in [-0.05, 0) is 62.3 Å². The molecule has 0 saturated carbocycles. The van der Waals surface area contributed by atoms with Gasteiger partial charge in [0.25, 0.3) is 5.91 Å². The number of nitrogens with zero attached hydrogens (tertiary/aromatic N) is 1. The lowest BCUT2D eigenvalue weighted by molar-refractivity contribution is -0.154. The highest BCUT2D eigenvalue weighted by Gasteiger charge is 2.34. The number of rotatable bonds is 12. The summed E-state index contributed by atoms with van der Waals surface area (Å²) in [6.07, 6.45) is 7.34. The highest BCUT2D eigenvalue weighted by atomic mass is 16.7. The van der Waals surface area contributed by atoms with Gasteiger partial charge >= 0.3 is 11.9 Å². The zero-order valence-electron chi connectivity index (χ0n) is 24.9. The van der Waals surface area contributed by atoms with Gasteiger partial charge in [0.1, 0.15) is 12.1 Å². The Hall–Kier alpha value is -3.62. The Kier molecular flexibility index (Phi) is 12.4. The highest BCUT2D eigenvalue weighted by Crippen LogP contribution is 2.35. The third kappa shape index (κ3) is 9.76. The van der Waals surface area contributed by atoms with Gasteiger partial charge in [0.05, 0.1) is 7.11 Å². The number of ether oxygens (including phenoxy) is 4. The van der Waals surface area contributed by atoms with Crippen LogP contribution in [0.3, 0.4) is 0 Å². The zero-order valence-corrected chi connectivity index (χ0v) is 24.9. The largest absolute Gasteiger partial charge is 0.493 e. The Morgan fingerprint density at radius 2 is 1.88 bits per heavy atom. The van der Waals surface area contributed by atoms with Crippen molar-refractivity contribution in [3.05, 3.63) is 53.9 Å². The van der Waals surface area contributed by atoms with E-state index < -0.39 is 30.7 Å².